The quantitative estimate of drug-likeness (QED) is 0.671. The van der Waals surface area contributed by atoms with Crippen LogP contribution in [0.3, 0.4) is 0 Å². The number of aryl methyl sites for hydroxylation is 1. The Balaban J connectivity index is 2.61. The Morgan fingerprint density at radius 1 is 1.47 bits per heavy atom. The minimum atomic E-state index is -0.0857. The molecule has 0 spiro atoms. The van der Waals surface area contributed by atoms with Crippen molar-refractivity contribution in [3.05, 3.63) is 35.5 Å². The maximum absolute atomic E-state index is 10.9. The normalized spacial score (nSPS) is 12.9. The lowest BCUT2D eigenvalue weighted by atomic mass is 10.0. The summed E-state index contributed by atoms with van der Waals surface area (Å²) >= 11 is 3.35. The molecule has 1 aromatic carbocycles. The average molecular weight is 266 g/mol. The Bertz CT molecular complexity index is 489. The first-order valence-electron chi connectivity index (χ1n) is 4.86. The van der Waals surface area contributed by atoms with Crippen molar-refractivity contribution in [3.8, 4) is 0 Å². The topological polar surface area (TPSA) is 32.9 Å². The molecule has 1 atom stereocenters. The number of carbonyl (C=O) groups is 1. The van der Waals surface area contributed by atoms with E-state index < -0.39 is 0 Å². The van der Waals surface area contributed by atoms with E-state index in [0.29, 0.717) is 5.33 Å². The van der Waals surface area contributed by atoms with Gasteiger partial charge in [0.25, 0.3) is 0 Å². The summed E-state index contributed by atoms with van der Waals surface area (Å²) in [5.41, 5.74) is 3.28. The van der Waals surface area contributed by atoms with E-state index in [2.05, 4.69) is 27.0 Å². The maximum atomic E-state index is 10.9. The van der Waals surface area contributed by atoms with Gasteiger partial charge in [0, 0.05) is 21.9 Å². The number of aromatic nitrogens is 1. The number of para-hydroxylation sites is 1. The fraction of sp³-hybridized carbons (Fsp3) is 0.250. The number of H-pyrrole nitrogens is 1. The predicted octanol–water partition coefficient (Wildman–Crippen LogP) is 3.15. The molecule has 0 aliphatic carbocycles. The highest BCUT2D eigenvalue weighted by Crippen LogP contribution is 2.26. The van der Waals surface area contributed by atoms with Gasteiger partial charge in [-0.15, -0.1) is 0 Å². The molecular weight excluding hydrogens is 254 g/mol. The minimum Gasteiger partial charge on any atom is -0.358 e. The van der Waals surface area contributed by atoms with Crippen LogP contribution in [0.4, 0.5) is 0 Å². The lowest BCUT2D eigenvalue weighted by Crippen LogP contribution is -2.03. The monoisotopic (exact) mass is 265 g/mol. The van der Waals surface area contributed by atoms with Crippen LogP contribution in [0.25, 0.3) is 10.9 Å². The molecule has 1 unspecified atom stereocenters. The van der Waals surface area contributed by atoms with Crippen LogP contribution in [0.15, 0.2) is 24.3 Å². The van der Waals surface area contributed by atoms with Gasteiger partial charge in [-0.05, 0) is 18.6 Å². The van der Waals surface area contributed by atoms with Crippen molar-refractivity contribution in [2.24, 2.45) is 0 Å². The molecule has 1 N–H and O–H groups in total. The third-order valence-electron chi connectivity index (χ3n) is 2.71. The number of rotatable bonds is 3. The van der Waals surface area contributed by atoms with Crippen LogP contribution in [0.5, 0.6) is 0 Å². The summed E-state index contributed by atoms with van der Waals surface area (Å²) in [6.07, 6.45) is 0.979. The van der Waals surface area contributed by atoms with Crippen molar-refractivity contribution in [2.75, 3.05) is 5.33 Å². The van der Waals surface area contributed by atoms with E-state index in [1.54, 1.807) is 0 Å². The zero-order chi connectivity index (χ0) is 10.8. The Hall–Kier alpha value is -1.09. The Kier molecular flexibility index (Phi) is 2.91. The molecule has 0 saturated carbocycles. The third-order valence-corrected chi connectivity index (χ3v) is 3.40. The first-order chi connectivity index (χ1) is 7.27. The molecule has 0 aliphatic heterocycles. The van der Waals surface area contributed by atoms with E-state index in [4.69, 9.17) is 0 Å². The molecule has 0 saturated heterocycles. The second-order valence-corrected chi connectivity index (χ2v) is 4.25. The van der Waals surface area contributed by atoms with Gasteiger partial charge in [-0.25, -0.2) is 0 Å². The summed E-state index contributed by atoms with van der Waals surface area (Å²) in [5.74, 6) is -0.0857. The van der Waals surface area contributed by atoms with Crippen LogP contribution in [0, 0.1) is 6.92 Å². The van der Waals surface area contributed by atoms with E-state index in [9.17, 15) is 4.79 Å². The van der Waals surface area contributed by atoms with Crippen molar-refractivity contribution >= 4 is 33.1 Å². The number of fused-ring (bicyclic) bond motifs is 1. The SMILES string of the molecule is Cc1c(C(C=O)CBr)[nH]c2ccccc12. The van der Waals surface area contributed by atoms with Crippen LogP contribution in [-0.4, -0.2) is 16.6 Å². The summed E-state index contributed by atoms with van der Waals surface area (Å²) in [7, 11) is 0. The van der Waals surface area contributed by atoms with Gasteiger partial charge >= 0.3 is 0 Å². The fourth-order valence-corrected chi connectivity index (χ4v) is 2.33. The second-order valence-electron chi connectivity index (χ2n) is 3.61. The number of benzene rings is 1. The van der Waals surface area contributed by atoms with Crippen LogP contribution in [0.2, 0.25) is 0 Å². The Morgan fingerprint density at radius 2 is 2.20 bits per heavy atom. The number of nitrogens with one attached hydrogen (secondary N) is 1. The molecule has 0 radical (unpaired) electrons. The number of alkyl halides is 1. The molecule has 2 rings (SSSR count). The molecular formula is C12H12BrNO. The number of aromatic amines is 1. The number of hydrogen-bond acceptors (Lipinski definition) is 1. The molecule has 0 bridgehead atoms. The first kappa shape index (κ1) is 10.4. The number of aldehydes is 1. The molecule has 1 heterocycles. The van der Waals surface area contributed by atoms with Crippen LogP contribution in [-0.2, 0) is 4.79 Å². The lowest BCUT2D eigenvalue weighted by molar-refractivity contribution is -0.108. The summed E-state index contributed by atoms with van der Waals surface area (Å²) in [4.78, 5) is 14.2. The van der Waals surface area contributed by atoms with Gasteiger partial charge in [0.05, 0.1) is 5.92 Å². The molecule has 0 amide bonds. The van der Waals surface area contributed by atoms with Gasteiger partial charge in [0.15, 0.2) is 0 Å². The molecule has 1 aromatic heterocycles. The van der Waals surface area contributed by atoms with Gasteiger partial charge in [0.1, 0.15) is 6.29 Å². The van der Waals surface area contributed by atoms with Gasteiger partial charge in [0.2, 0.25) is 0 Å². The zero-order valence-electron chi connectivity index (χ0n) is 8.46. The molecule has 2 aromatic rings. The minimum absolute atomic E-state index is 0.0857. The molecule has 2 nitrogen and oxygen atoms in total. The number of hydrogen-bond donors (Lipinski definition) is 1. The summed E-state index contributed by atoms with van der Waals surface area (Å²) in [6, 6.07) is 8.10. The standard InChI is InChI=1S/C12H12BrNO/c1-8-10-4-2-3-5-11(10)14-12(8)9(6-13)7-15/h2-5,7,9,14H,6H2,1H3. The number of carbonyl (C=O) groups excluding carboxylic acids is 1. The van der Waals surface area contributed by atoms with Crippen molar-refractivity contribution in [1.29, 1.82) is 0 Å². The van der Waals surface area contributed by atoms with Gasteiger partial charge in [-0.3, -0.25) is 0 Å². The largest absolute Gasteiger partial charge is 0.358 e. The van der Waals surface area contributed by atoms with Crippen LogP contribution >= 0.6 is 15.9 Å². The third kappa shape index (κ3) is 1.72. The maximum Gasteiger partial charge on any atom is 0.129 e. The summed E-state index contributed by atoms with van der Waals surface area (Å²) in [6.45, 7) is 2.05. The molecule has 0 fully saturated rings. The van der Waals surface area contributed by atoms with Crippen LogP contribution in [0.1, 0.15) is 17.2 Å². The highest BCUT2D eigenvalue weighted by molar-refractivity contribution is 9.09. The van der Waals surface area contributed by atoms with E-state index in [-0.39, 0.29) is 5.92 Å². The second kappa shape index (κ2) is 4.19. The van der Waals surface area contributed by atoms with Gasteiger partial charge in [-0.2, -0.15) is 0 Å². The Labute approximate surface area is 96.8 Å². The highest BCUT2D eigenvalue weighted by Gasteiger charge is 2.15. The van der Waals surface area contributed by atoms with Gasteiger partial charge in [-0.1, -0.05) is 34.1 Å². The highest BCUT2D eigenvalue weighted by atomic mass is 79.9. The van der Waals surface area contributed by atoms with Crippen molar-refractivity contribution in [2.45, 2.75) is 12.8 Å². The van der Waals surface area contributed by atoms with Crippen molar-refractivity contribution in [1.82, 2.24) is 4.98 Å². The molecule has 15 heavy (non-hydrogen) atoms. The van der Waals surface area contributed by atoms with Crippen molar-refractivity contribution < 1.29 is 4.79 Å². The zero-order valence-corrected chi connectivity index (χ0v) is 10.0. The summed E-state index contributed by atoms with van der Waals surface area (Å²) in [5, 5.41) is 1.85. The average Bonchev–Trinajstić information content (AvgIpc) is 2.60. The Morgan fingerprint density at radius 3 is 2.80 bits per heavy atom. The van der Waals surface area contributed by atoms with Gasteiger partial charge < -0.3 is 9.78 Å². The van der Waals surface area contributed by atoms with Crippen molar-refractivity contribution in [3.63, 3.8) is 0 Å². The van der Waals surface area contributed by atoms with Crippen LogP contribution < -0.4 is 0 Å². The smallest absolute Gasteiger partial charge is 0.129 e. The van der Waals surface area contributed by atoms with E-state index in [1.165, 1.54) is 10.9 Å². The lowest BCUT2D eigenvalue weighted by Gasteiger charge is -2.04. The van der Waals surface area contributed by atoms with E-state index in [1.807, 2.05) is 25.1 Å². The van der Waals surface area contributed by atoms with E-state index in [0.717, 1.165) is 17.5 Å². The summed E-state index contributed by atoms with van der Waals surface area (Å²) < 4.78 is 0. The molecule has 0 aliphatic rings. The fourth-order valence-electron chi connectivity index (χ4n) is 1.86. The predicted molar refractivity (Wildman–Crippen MR) is 65.6 cm³/mol. The van der Waals surface area contributed by atoms with E-state index >= 15 is 0 Å². The number of halogens is 1. The molecule has 3 heteroatoms. The first-order valence-corrected chi connectivity index (χ1v) is 5.98. The molecule has 78 valence electrons.